The molecule has 0 fully saturated rings. The largest absolute Gasteiger partial charge is 0.264 e. The minimum atomic E-state index is 1.21. The van der Waals surface area contributed by atoms with Crippen LogP contribution in [0.4, 0.5) is 0 Å². The molecule has 1 heteroatoms. The van der Waals surface area contributed by atoms with Crippen molar-refractivity contribution in [2.75, 3.05) is 0 Å². The molecule has 1 heterocycles. The maximum Gasteiger partial charge on any atom is 0.0349 e. The first-order valence-electron chi connectivity index (χ1n) is 5.74. The third kappa shape index (κ3) is 1.80. The Morgan fingerprint density at radius 3 is 2.53 bits per heavy atom. The van der Waals surface area contributed by atoms with E-state index in [2.05, 4.69) is 54.4 Å². The average Bonchev–Trinajstić information content (AvgIpc) is 2.39. The van der Waals surface area contributed by atoms with Crippen molar-refractivity contribution in [3.05, 3.63) is 66.5 Å². The van der Waals surface area contributed by atoms with Gasteiger partial charge in [-0.3, -0.25) is 4.98 Å². The molecule has 0 amide bonds. The Hall–Kier alpha value is -2.15. The van der Waals surface area contributed by atoms with Crippen LogP contribution in [0, 0.1) is 6.92 Å². The lowest BCUT2D eigenvalue weighted by Gasteiger charge is -2.06. The molecular formula is C16H13N. The maximum absolute atomic E-state index is 4.20. The zero-order valence-electron chi connectivity index (χ0n) is 9.72. The predicted molar refractivity (Wildman–Crippen MR) is 71.9 cm³/mol. The van der Waals surface area contributed by atoms with Gasteiger partial charge in [-0.05, 0) is 41.0 Å². The van der Waals surface area contributed by atoms with Gasteiger partial charge in [0.1, 0.15) is 0 Å². The van der Waals surface area contributed by atoms with Gasteiger partial charge in [0.05, 0.1) is 0 Å². The topological polar surface area (TPSA) is 12.9 Å². The summed E-state index contributed by atoms with van der Waals surface area (Å²) in [4.78, 5) is 4.20. The fourth-order valence-corrected chi connectivity index (χ4v) is 2.12. The highest BCUT2D eigenvalue weighted by atomic mass is 14.6. The monoisotopic (exact) mass is 219 g/mol. The van der Waals surface area contributed by atoms with Crippen LogP contribution in [0.15, 0.2) is 60.9 Å². The van der Waals surface area contributed by atoms with Gasteiger partial charge in [0, 0.05) is 18.0 Å². The van der Waals surface area contributed by atoms with Gasteiger partial charge in [0.15, 0.2) is 0 Å². The van der Waals surface area contributed by atoms with Crippen molar-refractivity contribution in [3.63, 3.8) is 0 Å². The number of aryl methyl sites for hydroxylation is 1. The van der Waals surface area contributed by atoms with E-state index in [1.54, 1.807) is 0 Å². The lowest BCUT2D eigenvalue weighted by atomic mass is 10.00. The standard InChI is InChI=1S/C16H13N/c1-12-8-9-17-11-16(12)15-7-6-13-4-2-3-5-14(13)10-15/h2-11H,1H3. The molecule has 0 aliphatic rings. The number of pyridine rings is 1. The summed E-state index contributed by atoms with van der Waals surface area (Å²) in [5.41, 5.74) is 3.70. The Bertz CT molecular complexity index is 671. The summed E-state index contributed by atoms with van der Waals surface area (Å²) in [6.07, 6.45) is 3.76. The van der Waals surface area contributed by atoms with E-state index >= 15 is 0 Å². The van der Waals surface area contributed by atoms with E-state index in [1.165, 1.54) is 27.5 Å². The van der Waals surface area contributed by atoms with E-state index in [4.69, 9.17) is 0 Å². The maximum atomic E-state index is 4.20. The van der Waals surface area contributed by atoms with E-state index in [-0.39, 0.29) is 0 Å². The van der Waals surface area contributed by atoms with E-state index in [0.29, 0.717) is 0 Å². The molecule has 3 aromatic rings. The summed E-state index contributed by atoms with van der Waals surface area (Å²) in [6.45, 7) is 2.12. The van der Waals surface area contributed by atoms with Crippen LogP contribution >= 0.6 is 0 Å². The van der Waals surface area contributed by atoms with Gasteiger partial charge in [-0.2, -0.15) is 0 Å². The van der Waals surface area contributed by atoms with Gasteiger partial charge in [0.2, 0.25) is 0 Å². The molecular weight excluding hydrogens is 206 g/mol. The summed E-state index contributed by atoms with van der Waals surface area (Å²) in [5.74, 6) is 0. The number of fused-ring (bicyclic) bond motifs is 1. The van der Waals surface area contributed by atoms with Gasteiger partial charge in [-0.1, -0.05) is 36.4 Å². The normalized spacial score (nSPS) is 10.6. The van der Waals surface area contributed by atoms with Crippen LogP contribution in [0.5, 0.6) is 0 Å². The summed E-state index contributed by atoms with van der Waals surface area (Å²) < 4.78 is 0. The van der Waals surface area contributed by atoms with E-state index in [1.807, 2.05) is 18.5 Å². The molecule has 0 atom stereocenters. The number of benzene rings is 2. The highest BCUT2D eigenvalue weighted by Gasteiger charge is 2.02. The van der Waals surface area contributed by atoms with Crippen molar-refractivity contribution in [3.8, 4) is 11.1 Å². The van der Waals surface area contributed by atoms with Crippen LogP contribution in [-0.2, 0) is 0 Å². The summed E-state index contributed by atoms with van der Waals surface area (Å²) in [6, 6.07) is 17.0. The molecule has 0 saturated carbocycles. The second kappa shape index (κ2) is 4.02. The lowest BCUT2D eigenvalue weighted by molar-refractivity contribution is 1.29. The fraction of sp³-hybridized carbons (Fsp3) is 0.0625. The molecule has 2 aromatic carbocycles. The molecule has 3 rings (SSSR count). The molecule has 1 aromatic heterocycles. The molecule has 0 bridgehead atoms. The Morgan fingerprint density at radius 1 is 0.882 bits per heavy atom. The second-order valence-electron chi connectivity index (χ2n) is 4.25. The number of nitrogens with zero attached hydrogens (tertiary/aromatic N) is 1. The molecule has 0 aliphatic heterocycles. The van der Waals surface area contributed by atoms with Gasteiger partial charge in [-0.25, -0.2) is 0 Å². The Balaban J connectivity index is 2.22. The highest BCUT2D eigenvalue weighted by molar-refractivity contribution is 5.87. The molecule has 0 aliphatic carbocycles. The molecule has 0 N–H and O–H groups in total. The fourth-order valence-electron chi connectivity index (χ4n) is 2.12. The molecule has 0 unspecified atom stereocenters. The predicted octanol–water partition coefficient (Wildman–Crippen LogP) is 4.21. The molecule has 82 valence electrons. The first-order chi connectivity index (χ1) is 8.34. The Morgan fingerprint density at radius 2 is 1.71 bits per heavy atom. The third-order valence-electron chi connectivity index (χ3n) is 3.10. The van der Waals surface area contributed by atoms with Crippen LogP contribution in [0.2, 0.25) is 0 Å². The van der Waals surface area contributed by atoms with Crippen LogP contribution < -0.4 is 0 Å². The molecule has 17 heavy (non-hydrogen) atoms. The van der Waals surface area contributed by atoms with Crippen molar-refractivity contribution >= 4 is 10.8 Å². The molecule has 0 saturated heterocycles. The van der Waals surface area contributed by atoms with Crippen LogP contribution in [-0.4, -0.2) is 4.98 Å². The van der Waals surface area contributed by atoms with Crippen LogP contribution in [0.1, 0.15) is 5.56 Å². The SMILES string of the molecule is Cc1ccncc1-c1ccc2ccccc2c1. The van der Waals surface area contributed by atoms with Gasteiger partial charge in [0.25, 0.3) is 0 Å². The molecule has 0 spiro atoms. The summed E-state index contributed by atoms with van der Waals surface area (Å²) in [7, 11) is 0. The summed E-state index contributed by atoms with van der Waals surface area (Å²) >= 11 is 0. The average molecular weight is 219 g/mol. The van der Waals surface area contributed by atoms with Crippen LogP contribution in [0.3, 0.4) is 0 Å². The van der Waals surface area contributed by atoms with Crippen molar-refractivity contribution in [1.82, 2.24) is 4.98 Å². The lowest BCUT2D eigenvalue weighted by Crippen LogP contribution is -1.84. The van der Waals surface area contributed by atoms with E-state index < -0.39 is 0 Å². The van der Waals surface area contributed by atoms with Gasteiger partial charge < -0.3 is 0 Å². The number of hydrogen-bond donors (Lipinski definition) is 0. The second-order valence-corrected chi connectivity index (χ2v) is 4.25. The van der Waals surface area contributed by atoms with Crippen LogP contribution in [0.25, 0.3) is 21.9 Å². The smallest absolute Gasteiger partial charge is 0.0349 e. The highest BCUT2D eigenvalue weighted by Crippen LogP contribution is 2.25. The number of rotatable bonds is 1. The van der Waals surface area contributed by atoms with Crippen molar-refractivity contribution in [1.29, 1.82) is 0 Å². The van der Waals surface area contributed by atoms with Gasteiger partial charge >= 0.3 is 0 Å². The van der Waals surface area contributed by atoms with Crippen molar-refractivity contribution < 1.29 is 0 Å². The van der Waals surface area contributed by atoms with E-state index in [9.17, 15) is 0 Å². The Labute approximate surface area is 101 Å². The van der Waals surface area contributed by atoms with Crippen molar-refractivity contribution in [2.24, 2.45) is 0 Å². The molecule has 1 nitrogen and oxygen atoms in total. The first kappa shape index (κ1) is 10.0. The first-order valence-corrected chi connectivity index (χ1v) is 5.74. The third-order valence-corrected chi connectivity index (χ3v) is 3.10. The quantitative estimate of drug-likeness (QED) is 0.597. The minimum Gasteiger partial charge on any atom is -0.264 e. The Kier molecular flexibility index (Phi) is 2.37. The zero-order valence-corrected chi connectivity index (χ0v) is 9.72. The number of aromatic nitrogens is 1. The molecule has 0 radical (unpaired) electrons. The summed E-state index contributed by atoms with van der Waals surface area (Å²) in [5, 5.41) is 2.55. The minimum absolute atomic E-state index is 1.21. The number of hydrogen-bond acceptors (Lipinski definition) is 1. The van der Waals surface area contributed by atoms with Gasteiger partial charge in [-0.15, -0.1) is 0 Å². The van der Waals surface area contributed by atoms with Crippen molar-refractivity contribution in [2.45, 2.75) is 6.92 Å². The zero-order chi connectivity index (χ0) is 11.7. The van der Waals surface area contributed by atoms with E-state index in [0.717, 1.165) is 0 Å².